The third-order valence-corrected chi connectivity index (χ3v) is 7.77. The van der Waals surface area contributed by atoms with Crippen molar-refractivity contribution in [2.24, 2.45) is 5.92 Å². The van der Waals surface area contributed by atoms with E-state index in [4.69, 9.17) is 11.6 Å². The van der Waals surface area contributed by atoms with Crippen LogP contribution in [0.2, 0.25) is 5.02 Å². The van der Waals surface area contributed by atoms with Gasteiger partial charge in [-0.3, -0.25) is 14.4 Å². The Bertz CT molecular complexity index is 1130. The van der Waals surface area contributed by atoms with Crippen molar-refractivity contribution in [1.82, 2.24) is 20.1 Å². The van der Waals surface area contributed by atoms with Gasteiger partial charge in [0.05, 0.1) is 5.70 Å². The number of rotatable bonds is 8. The minimum Gasteiger partial charge on any atom is -0.384 e. The van der Waals surface area contributed by atoms with Crippen LogP contribution in [0.25, 0.3) is 10.9 Å². The SMILES string of the molecule is C=C(NC)C(=O)N[C@H](C(=O)N1CCC[C@H]1Cn1cc(C(C)=O)c2cc(Cl)ccc21)C1CCCCC1. The van der Waals surface area contributed by atoms with E-state index in [2.05, 4.69) is 21.8 Å². The van der Waals surface area contributed by atoms with Gasteiger partial charge in [0.25, 0.3) is 5.91 Å². The van der Waals surface area contributed by atoms with Crippen LogP contribution < -0.4 is 10.6 Å². The van der Waals surface area contributed by atoms with Crippen molar-refractivity contribution >= 4 is 40.1 Å². The molecule has 0 radical (unpaired) electrons. The molecule has 8 heteroatoms. The Hall–Kier alpha value is -2.80. The second-order valence-electron chi connectivity index (χ2n) is 9.82. The number of fused-ring (bicyclic) bond motifs is 1. The molecule has 1 aromatic heterocycles. The van der Waals surface area contributed by atoms with Crippen LogP contribution in [0.15, 0.2) is 36.7 Å². The Balaban J connectivity index is 1.59. The number of nitrogens with zero attached hydrogens (tertiary/aromatic N) is 2. The van der Waals surface area contributed by atoms with Crippen molar-refractivity contribution in [3.63, 3.8) is 0 Å². The number of Topliss-reactive ketones (excluding diaryl/α,β-unsaturated/α-hetero) is 1. The highest BCUT2D eigenvalue weighted by Crippen LogP contribution is 2.31. The molecule has 2 atom stereocenters. The van der Waals surface area contributed by atoms with Crippen molar-refractivity contribution in [2.75, 3.05) is 13.6 Å². The van der Waals surface area contributed by atoms with Gasteiger partial charge >= 0.3 is 0 Å². The van der Waals surface area contributed by atoms with E-state index in [0.717, 1.165) is 49.4 Å². The van der Waals surface area contributed by atoms with E-state index in [9.17, 15) is 14.4 Å². The van der Waals surface area contributed by atoms with Gasteiger partial charge in [-0.15, -0.1) is 0 Å². The third kappa shape index (κ3) is 5.40. The molecular weight excluding hydrogens is 464 g/mol. The molecule has 1 saturated heterocycles. The Morgan fingerprint density at radius 2 is 1.89 bits per heavy atom. The highest BCUT2D eigenvalue weighted by atomic mass is 35.5. The van der Waals surface area contributed by atoms with Crippen molar-refractivity contribution in [1.29, 1.82) is 0 Å². The summed E-state index contributed by atoms with van der Waals surface area (Å²) in [6.07, 6.45) is 8.86. The molecule has 1 saturated carbocycles. The van der Waals surface area contributed by atoms with E-state index < -0.39 is 6.04 Å². The minimum atomic E-state index is -0.554. The topological polar surface area (TPSA) is 83.4 Å². The maximum Gasteiger partial charge on any atom is 0.267 e. The standard InChI is InChI=1S/C27H35ClN4O3/c1-17(29-3)26(34)30-25(19-8-5-4-6-9-19)27(35)32-13-7-10-21(32)15-31-16-23(18(2)33)22-14-20(28)11-12-24(22)31/h11-12,14,16,19,21,25,29H,1,4-10,13,15H2,2-3H3,(H,30,34)/t21-,25-/m0/s1. The molecule has 188 valence electrons. The number of hydrogen-bond donors (Lipinski definition) is 2. The molecular formula is C27H35ClN4O3. The smallest absolute Gasteiger partial charge is 0.267 e. The lowest BCUT2D eigenvalue weighted by atomic mass is 9.83. The lowest BCUT2D eigenvalue weighted by Gasteiger charge is -2.35. The van der Waals surface area contributed by atoms with Gasteiger partial charge in [-0.05, 0) is 56.7 Å². The van der Waals surface area contributed by atoms with Gasteiger partial charge in [-0.25, -0.2) is 0 Å². The molecule has 2 heterocycles. The molecule has 0 spiro atoms. The van der Waals surface area contributed by atoms with Gasteiger partial charge in [0.2, 0.25) is 5.91 Å². The number of nitrogens with one attached hydrogen (secondary N) is 2. The van der Waals surface area contributed by atoms with Crippen LogP contribution in [-0.4, -0.2) is 52.7 Å². The largest absolute Gasteiger partial charge is 0.384 e. The highest BCUT2D eigenvalue weighted by molar-refractivity contribution is 6.31. The van der Waals surface area contributed by atoms with Crippen LogP contribution in [0.3, 0.4) is 0 Å². The summed E-state index contributed by atoms with van der Waals surface area (Å²) in [4.78, 5) is 40.8. The lowest BCUT2D eigenvalue weighted by Crippen LogP contribution is -2.55. The average molecular weight is 499 g/mol. The predicted molar refractivity (Wildman–Crippen MR) is 138 cm³/mol. The van der Waals surface area contributed by atoms with Crippen LogP contribution in [0.1, 0.15) is 62.2 Å². The minimum absolute atomic E-state index is 0.0101. The van der Waals surface area contributed by atoms with Gasteiger partial charge in [0.15, 0.2) is 5.78 Å². The van der Waals surface area contributed by atoms with E-state index in [-0.39, 0.29) is 35.3 Å². The number of likely N-dealkylation sites (N-methyl/N-ethyl adjacent to an activating group) is 1. The van der Waals surface area contributed by atoms with E-state index in [1.165, 1.54) is 6.42 Å². The average Bonchev–Trinajstić information content (AvgIpc) is 3.46. The Morgan fingerprint density at radius 1 is 1.14 bits per heavy atom. The van der Waals surface area contributed by atoms with Gasteiger partial charge < -0.3 is 20.1 Å². The summed E-state index contributed by atoms with van der Waals surface area (Å²) in [5.74, 6) is -0.223. The monoisotopic (exact) mass is 498 g/mol. The van der Waals surface area contributed by atoms with E-state index in [1.54, 1.807) is 14.0 Å². The quantitative estimate of drug-likeness (QED) is 0.420. The maximum atomic E-state index is 13.9. The number of benzene rings is 1. The molecule has 2 amide bonds. The van der Waals surface area contributed by atoms with Gasteiger partial charge in [-0.2, -0.15) is 0 Å². The molecule has 2 aliphatic rings. The molecule has 2 N–H and O–H groups in total. The number of hydrogen-bond acceptors (Lipinski definition) is 4. The fraction of sp³-hybridized carbons (Fsp3) is 0.519. The first-order chi connectivity index (χ1) is 16.8. The number of carbonyl (C=O) groups is 3. The zero-order valence-corrected chi connectivity index (χ0v) is 21.4. The molecule has 4 rings (SSSR count). The summed E-state index contributed by atoms with van der Waals surface area (Å²) in [5, 5.41) is 7.20. The number of amides is 2. The van der Waals surface area contributed by atoms with Gasteiger partial charge in [0, 0.05) is 53.9 Å². The number of likely N-dealkylation sites (tertiary alicyclic amines) is 1. The summed E-state index contributed by atoms with van der Waals surface area (Å²) in [5.41, 5.74) is 1.82. The van der Waals surface area contributed by atoms with Crippen molar-refractivity contribution in [3.8, 4) is 0 Å². The Kier molecular flexibility index (Phi) is 7.85. The van der Waals surface area contributed by atoms with Crippen molar-refractivity contribution in [2.45, 2.75) is 70.5 Å². The Morgan fingerprint density at radius 3 is 2.57 bits per heavy atom. The van der Waals surface area contributed by atoms with Crippen LogP contribution in [0.5, 0.6) is 0 Å². The first-order valence-corrected chi connectivity index (χ1v) is 12.9. The summed E-state index contributed by atoms with van der Waals surface area (Å²) < 4.78 is 2.07. The molecule has 1 aliphatic carbocycles. The molecule has 2 aromatic rings. The van der Waals surface area contributed by atoms with E-state index in [1.807, 2.05) is 29.3 Å². The zero-order valence-electron chi connectivity index (χ0n) is 20.6. The number of carbonyl (C=O) groups excluding carboxylic acids is 3. The van der Waals surface area contributed by atoms with Crippen LogP contribution in [0, 0.1) is 5.92 Å². The summed E-state index contributed by atoms with van der Waals surface area (Å²) in [6, 6.07) is 5.01. The molecule has 1 aromatic carbocycles. The summed E-state index contributed by atoms with van der Waals surface area (Å²) in [6.45, 7) is 6.58. The maximum absolute atomic E-state index is 13.9. The zero-order chi connectivity index (χ0) is 25.1. The fourth-order valence-electron chi connectivity index (χ4n) is 5.61. The van der Waals surface area contributed by atoms with Crippen molar-refractivity contribution < 1.29 is 14.4 Å². The molecule has 1 aliphatic heterocycles. The summed E-state index contributed by atoms with van der Waals surface area (Å²) in [7, 11) is 1.65. The first kappa shape index (κ1) is 25.3. The normalized spacial score (nSPS) is 19.5. The van der Waals surface area contributed by atoms with Crippen LogP contribution in [-0.2, 0) is 16.1 Å². The Labute approximate surface area is 211 Å². The van der Waals surface area contributed by atoms with Crippen LogP contribution >= 0.6 is 11.6 Å². The van der Waals surface area contributed by atoms with Gasteiger partial charge in [-0.1, -0.05) is 37.4 Å². The molecule has 35 heavy (non-hydrogen) atoms. The van der Waals surface area contributed by atoms with Gasteiger partial charge in [0.1, 0.15) is 6.04 Å². The van der Waals surface area contributed by atoms with Crippen molar-refractivity contribution in [3.05, 3.63) is 47.3 Å². The second kappa shape index (κ2) is 10.9. The second-order valence-corrected chi connectivity index (χ2v) is 10.3. The third-order valence-electron chi connectivity index (χ3n) is 7.54. The predicted octanol–water partition coefficient (Wildman–Crippen LogP) is 4.29. The van der Waals surface area contributed by atoms with E-state index >= 15 is 0 Å². The number of ketones is 1. The first-order valence-electron chi connectivity index (χ1n) is 12.6. The molecule has 0 unspecified atom stereocenters. The fourth-order valence-corrected chi connectivity index (χ4v) is 5.79. The van der Waals surface area contributed by atoms with Crippen LogP contribution in [0.4, 0.5) is 0 Å². The molecule has 2 fully saturated rings. The lowest BCUT2D eigenvalue weighted by molar-refractivity contribution is -0.138. The number of aromatic nitrogens is 1. The highest BCUT2D eigenvalue weighted by Gasteiger charge is 2.38. The molecule has 7 nitrogen and oxygen atoms in total. The molecule has 0 bridgehead atoms. The summed E-state index contributed by atoms with van der Waals surface area (Å²) >= 11 is 6.20. The van der Waals surface area contributed by atoms with E-state index in [0.29, 0.717) is 23.7 Å². The number of halogens is 1.